The van der Waals surface area contributed by atoms with Crippen LogP contribution in [0.5, 0.6) is 0 Å². The van der Waals surface area contributed by atoms with Crippen LogP contribution in [0.1, 0.15) is 26.3 Å². The van der Waals surface area contributed by atoms with Crippen LogP contribution in [-0.2, 0) is 5.54 Å². The minimum absolute atomic E-state index is 0.185. The van der Waals surface area contributed by atoms with Crippen molar-refractivity contribution in [3.8, 4) is 0 Å². The van der Waals surface area contributed by atoms with Gasteiger partial charge in [-0.25, -0.2) is 4.39 Å². The maximum atomic E-state index is 13.3. The smallest absolute Gasteiger partial charge is 0.146 e. The Balaban J connectivity index is 3.14. The monoisotopic (exact) mass is 182 g/mol. The van der Waals surface area contributed by atoms with Crippen LogP contribution in [0, 0.1) is 11.7 Å². The second-order valence-electron chi connectivity index (χ2n) is 3.79. The predicted octanol–water partition coefficient (Wildman–Crippen LogP) is 2.05. The third-order valence-corrected chi connectivity index (χ3v) is 2.55. The van der Waals surface area contributed by atoms with Crippen molar-refractivity contribution in [1.29, 1.82) is 0 Å². The highest BCUT2D eigenvalue weighted by atomic mass is 19.1. The van der Waals surface area contributed by atoms with E-state index < -0.39 is 5.54 Å². The molecule has 13 heavy (non-hydrogen) atoms. The van der Waals surface area contributed by atoms with Gasteiger partial charge >= 0.3 is 0 Å². The zero-order chi connectivity index (χ0) is 10.1. The molecule has 1 aromatic heterocycles. The summed E-state index contributed by atoms with van der Waals surface area (Å²) in [5.41, 5.74) is 5.91. The van der Waals surface area contributed by atoms with Crippen LogP contribution >= 0.6 is 0 Å². The summed E-state index contributed by atoms with van der Waals surface area (Å²) in [6.07, 6.45) is 2.76. The zero-order valence-electron chi connectivity index (χ0n) is 8.21. The highest BCUT2D eigenvalue weighted by Crippen LogP contribution is 2.27. The summed E-state index contributed by atoms with van der Waals surface area (Å²) in [4.78, 5) is 3.69. The first-order chi connectivity index (χ1) is 5.96. The standard InChI is InChI=1S/C10H15FN2/c1-7(2)10(3,12)8-4-5-13-6-9(8)11/h4-7H,12H2,1-3H3. The van der Waals surface area contributed by atoms with Crippen molar-refractivity contribution in [2.75, 3.05) is 0 Å². The van der Waals surface area contributed by atoms with E-state index in [1.54, 1.807) is 12.3 Å². The molecule has 2 N–H and O–H groups in total. The van der Waals surface area contributed by atoms with Crippen molar-refractivity contribution >= 4 is 0 Å². The molecule has 0 aromatic carbocycles. The Kier molecular flexibility index (Phi) is 2.66. The molecule has 1 rings (SSSR count). The van der Waals surface area contributed by atoms with Crippen LogP contribution in [0.4, 0.5) is 4.39 Å². The molecule has 1 heterocycles. The maximum Gasteiger partial charge on any atom is 0.146 e. The van der Waals surface area contributed by atoms with Crippen LogP contribution in [-0.4, -0.2) is 4.98 Å². The van der Waals surface area contributed by atoms with E-state index in [1.807, 2.05) is 20.8 Å². The van der Waals surface area contributed by atoms with E-state index >= 15 is 0 Å². The van der Waals surface area contributed by atoms with Gasteiger partial charge in [-0.3, -0.25) is 4.98 Å². The molecule has 0 saturated heterocycles. The zero-order valence-corrected chi connectivity index (χ0v) is 8.21. The summed E-state index contributed by atoms with van der Waals surface area (Å²) >= 11 is 0. The maximum absolute atomic E-state index is 13.3. The van der Waals surface area contributed by atoms with E-state index in [4.69, 9.17) is 5.73 Å². The quantitative estimate of drug-likeness (QED) is 0.760. The van der Waals surface area contributed by atoms with E-state index in [9.17, 15) is 4.39 Å². The van der Waals surface area contributed by atoms with Gasteiger partial charge in [-0.2, -0.15) is 0 Å². The Morgan fingerprint density at radius 3 is 2.62 bits per heavy atom. The number of nitrogens with zero attached hydrogens (tertiary/aromatic N) is 1. The Bertz CT molecular complexity index is 295. The molecule has 1 atom stereocenters. The number of hydrogen-bond donors (Lipinski definition) is 1. The molecule has 72 valence electrons. The lowest BCUT2D eigenvalue weighted by Gasteiger charge is -2.29. The summed E-state index contributed by atoms with van der Waals surface area (Å²) in [6.45, 7) is 5.77. The summed E-state index contributed by atoms with van der Waals surface area (Å²) in [5.74, 6) is -0.148. The molecule has 0 aliphatic rings. The second-order valence-corrected chi connectivity index (χ2v) is 3.79. The fourth-order valence-electron chi connectivity index (χ4n) is 1.12. The van der Waals surface area contributed by atoms with Crippen molar-refractivity contribution in [2.24, 2.45) is 11.7 Å². The van der Waals surface area contributed by atoms with Gasteiger partial charge in [0.2, 0.25) is 0 Å². The van der Waals surface area contributed by atoms with Crippen LogP contribution in [0.3, 0.4) is 0 Å². The molecule has 0 saturated carbocycles. The Labute approximate surface area is 78.0 Å². The van der Waals surface area contributed by atoms with E-state index in [0.717, 1.165) is 0 Å². The molecule has 0 spiro atoms. The van der Waals surface area contributed by atoms with E-state index in [1.165, 1.54) is 6.20 Å². The van der Waals surface area contributed by atoms with E-state index in [-0.39, 0.29) is 11.7 Å². The number of halogens is 1. The van der Waals surface area contributed by atoms with Gasteiger partial charge in [-0.1, -0.05) is 13.8 Å². The molecule has 0 amide bonds. The Hall–Kier alpha value is -0.960. The van der Waals surface area contributed by atoms with Gasteiger partial charge < -0.3 is 5.73 Å². The molecule has 0 radical (unpaired) electrons. The number of nitrogens with two attached hydrogens (primary N) is 1. The average molecular weight is 182 g/mol. The van der Waals surface area contributed by atoms with Gasteiger partial charge in [-0.05, 0) is 18.9 Å². The molecule has 0 bridgehead atoms. The normalized spacial score (nSPS) is 15.8. The molecule has 0 fully saturated rings. The molecular weight excluding hydrogens is 167 g/mol. The Morgan fingerprint density at radius 2 is 2.15 bits per heavy atom. The molecule has 2 nitrogen and oxygen atoms in total. The lowest BCUT2D eigenvalue weighted by molar-refractivity contribution is 0.336. The van der Waals surface area contributed by atoms with Gasteiger partial charge in [0.1, 0.15) is 5.82 Å². The average Bonchev–Trinajstić information content (AvgIpc) is 2.04. The summed E-state index contributed by atoms with van der Waals surface area (Å²) in [6, 6.07) is 1.63. The molecule has 1 aromatic rings. The molecule has 1 unspecified atom stereocenters. The van der Waals surface area contributed by atoms with Crippen LogP contribution in [0.2, 0.25) is 0 Å². The fourth-order valence-corrected chi connectivity index (χ4v) is 1.12. The van der Waals surface area contributed by atoms with Crippen LogP contribution in [0.15, 0.2) is 18.5 Å². The van der Waals surface area contributed by atoms with Crippen LogP contribution < -0.4 is 5.73 Å². The predicted molar refractivity (Wildman–Crippen MR) is 50.6 cm³/mol. The first-order valence-corrected chi connectivity index (χ1v) is 4.35. The number of aromatic nitrogens is 1. The topological polar surface area (TPSA) is 38.9 Å². The molecule has 3 heteroatoms. The highest BCUT2D eigenvalue weighted by molar-refractivity contribution is 5.22. The number of rotatable bonds is 2. The minimum Gasteiger partial charge on any atom is -0.321 e. The lowest BCUT2D eigenvalue weighted by Crippen LogP contribution is -2.39. The van der Waals surface area contributed by atoms with Crippen molar-refractivity contribution in [3.05, 3.63) is 29.8 Å². The molecule has 0 aliphatic heterocycles. The molecular formula is C10H15FN2. The third kappa shape index (κ3) is 1.86. The first kappa shape index (κ1) is 10.1. The summed E-state index contributed by atoms with van der Waals surface area (Å²) in [5, 5.41) is 0. The van der Waals surface area contributed by atoms with E-state index in [2.05, 4.69) is 4.98 Å². The highest BCUT2D eigenvalue weighted by Gasteiger charge is 2.28. The van der Waals surface area contributed by atoms with Gasteiger partial charge in [0, 0.05) is 17.3 Å². The first-order valence-electron chi connectivity index (χ1n) is 4.35. The fraction of sp³-hybridized carbons (Fsp3) is 0.500. The van der Waals surface area contributed by atoms with Crippen molar-refractivity contribution in [3.63, 3.8) is 0 Å². The number of pyridine rings is 1. The van der Waals surface area contributed by atoms with Gasteiger partial charge in [0.15, 0.2) is 0 Å². The van der Waals surface area contributed by atoms with Gasteiger partial charge in [-0.15, -0.1) is 0 Å². The van der Waals surface area contributed by atoms with Gasteiger partial charge in [0.25, 0.3) is 0 Å². The largest absolute Gasteiger partial charge is 0.321 e. The van der Waals surface area contributed by atoms with Crippen molar-refractivity contribution in [2.45, 2.75) is 26.3 Å². The third-order valence-electron chi connectivity index (χ3n) is 2.55. The minimum atomic E-state index is -0.632. The van der Waals surface area contributed by atoms with Crippen molar-refractivity contribution in [1.82, 2.24) is 4.98 Å². The SMILES string of the molecule is CC(C)C(C)(N)c1ccncc1F. The second kappa shape index (κ2) is 3.42. The summed E-state index contributed by atoms with van der Waals surface area (Å²) in [7, 11) is 0. The van der Waals surface area contributed by atoms with Gasteiger partial charge in [0.05, 0.1) is 6.20 Å². The van der Waals surface area contributed by atoms with Crippen molar-refractivity contribution < 1.29 is 4.39 Å². The van der Waals surface area contributed by atoms with E-state index in [0.29, 0.717) is 5.56 Å². The summed E-state index contributed by atoms with van der Waals surface area (Å²) < 4.78 is 13.3. The molecule has 0 aliphatic carbocycles. The lowest BCUT2D eigenvalue weighted by atomic mass is 9.83. The Morgan fingerprint density at radius 1 is 1.54 bits per heavy atom. The number of hydrogen-bond acceptors (Lipinski definition) is 2. The van der Waals surface area contributed by atoms with Crippen LogP contribution in [0.25, 0.3) is 0 Å².